The number of hydrogen-bond donors (Lipinski definition) is 2. The summed E-state index contributed by atoms with van der Waals surface area (Å²) in [6.45, 7) is 3.53. The van der Waals surface area contributed by atoms with Gasteiger partial charge in [0, 0.05) is 6.07 Å². The van der Waals surface area contributed by atoms with E-state index in [0.717, 1.165) is 12.1 Å². The van der Waals surface area contributed by atoms with E-state index in [9.17, 15) is 18.4 Å². The van der Waals surface area contributed by atoms with Crippen molar-refractivity contribution in [1.82, 2.24) is 5.32 Å². The summed E-state index contributed by atoms with van der Waals surface area (Å²) in [7, 11) is 0. The van der Waals surface area contributed by atoms with E-state index < -0.39 is 29.6 Å². The average Bonchev–Trinajstić information content (AvgIpc) is 2.41. The number of halogens is 2. The third kappa shape index (κ3) is 5.72. The number of carbonyl (C=O) groups is 2. The van der Waals surface area contributed by atoms with Crippen LogP contribution in [0, 0.1) is 11.6 Å². The number of carboxylic acid groups (broad SMARTS) is 1. The van der Waals surface area contributed by atoms with Crippen molar-refractivity contribution in [2.24, 2.45) is 0 Å². The summed E-state index contributed by atoms with van der Waals surface area (Å²) in [5.74, 6) is -3.33. The molecule has 21 heavy (non-hydrogen) atoms. The van der Waals surface area contributed by atoms with Gasteiger partial charge in [-0.3, -0.25) is 4.79 Å². The van der Waals surface area contributed by atoms with Crippen molar-refractivity contribution in [1.29, 1.82) is 0 Å². The van der Waals surface area contributed by atoms with Gasteiger partial charge in [0.25, 0.3) is 0 Å². The molecular weight excluding hydrogens is 280 g/mol. The normalized spacial score (nSPS) is 11.7. The molecule has 6 heteroatoms. The highest BCUT2D eigenvalue weighted by Crippen LogP contribution is 2.10. The van der Waals surface area contributed by atoms with Gasteiger partial charge in [0.15, 0.2) is 0 Å². The Morgan fingerprint density at radius 1 is 1.38 bits per heavy atom. The van der Waals surface area contributed by atoms with Gasteiger partial charge >= 0.3 is 5.97 Å². The van der Waals surface area contributed by atoms with Gasteiger partial charge in [0.05, 0.1) is 6.42 Å². The van der Waals surface area contributed by atoms with E-state index in [2.05, 4.69) is 11.9 Å². The predicted octanol–water partition coefficient (Wildman–Crippen LogP) is 2.43. The smallest absolute Gasteiger partial charge is 0.326 e. The first kappa shape index (κ1) is 16.8. The first-order valence-corrected chi connectivity index (χ1v) is 6.51. The van der Waals surface area contributed by atoms with E-state index in [1.54, 1.807) is 6.08 Å². The topological polar surface area (TPSA) is 66.4 Å². The lowest BCUT2D eigenvalue weighted by Crippen LogP contribution is -2.41. The Labute approximate surface area is 121 Å². The van der Waals surface area contributed by atoms with Crippen LogP contribution in [0.25, 0.3) is 0 Å². The summed E-state index contributed by atoms with van der Waals surface area (Å²) in [4.78, 5) is 22.8. The molecule has 0 fully saturated rings. The molecule has 0 radical (unpaired) electrons. The van der Waals surface area contributed by atoms with Crippen LogP contribution in [0.3, 0.4) is 0 Å². The van der Waals surface area contributed by atoms with Crippen LogP contribution in [0.1, 0.15) is 24.8 Å². The molecule has 0 bridgehead atoms. The fourth-order valence-corrected chi connectivity index (χ4v) is 1.81. The van der Waals surface area contributed by atoms with Gasteiger partial charge < -0.3 is 10.4 Å². The van der Waals surface area contributed by atoms with Crippen LogP contribution in [-0.4, -0.2) is 23.0 Å². The van der Waals surface area contributed by atoms with E-state index in [4.69, 9.17) is 5.11 Å². The standard InChI is InChI=1S/C15H17F2NO3/c1-2-3-4-5-13(15(20)21)18-14(19)8-10-6-7-11(16)9-12(10)17/h2,6-7,9,13H,1,3-5,8H2,(H,18,19)(H,20,21)/t13-/m0/s1. The monoisotopic (exact) mass is 297 g/mol. The van der Waals surface area contributed by atoms with Gasteiger partial charge in [0.1, 0.15) is 17.7 Å². The molecular formula is C15H17F2NO3. The Bertz CT molecular complexity index is 532. The highest BCUT2D eigenvalue weighted by molar-refractivity contribution is 5.84. The SMILES string of the molecule is C=CCCC[C@H](NC(=O)Cc1ccc(F)cc1F)C(=O)O. The fraction of sp³-hybridized carbons (Fsp3) is 0.333. The minimum absolute atomic E-state index is 0.0177. The molecule has 0 aliphatic heterocycles. The molecule has 1 rings (SSSR count). The molecule has 0 saturated carbocycles. The van der Waals surface area contributed by atoms with Crippen LogP contribution in [0.2, 0.25) is 0 Å². The lowest BCUT2D eigenvalue weighted by molar-refractivity contribution is -0.141. The van der Waals surface area contributed by atoms with Crippen molar-refractivity contribution < 1.29 is 23.5 Å². The van der Waals surface area contributed by atoms with Gasteiger partial charge in [0.2, 0.25) is 5.91 Å². The second-order valence-electron chi connectivity index (χ2n) is 4.59. The Kier molecular flexibility index (Phi) is 6.52. The maximum absolute atomic E-state index is 13.4. The highest BCUT2D eigenvalue weighted by atomic mass is 19.1. The third-order valence-electron chi connectivity index (χ3n) is 2.90. The van der Waals surface area contributed by atoms with Crippen LogP contribution in [-0.2, 0) is 16.0 Å². The summed E-state index contributed by atoms with van der Waals surface area (Å²) >= 11 is 0. The Hall–Kier alpha value is -2.24. The molecule has 2 N–H and O–H groups in total. The quantitative estimate of drug-likeness (QED) is 0.572. The minimum Gasteiger partial charge on any atom is -0.480 e. The third-order valence-corrected chi connectivity index (χ3v) is 2.90. The lowest BCUT2D eigenvalue weighted by atomic mass is 10.1. The molecule has 1 aromatic rings. The number of allylic oxidation sites excluding steroid dienone is 1. The van der Waals surface area contributed by atoms with Crippen LogP contribution in [0.5, 0.6) is 0 Å². The van der Waals surface area contributed by atoms with Crippen molar-refractivity contribution >= 4 is 11.9 Å². The summed E-state index contributed by atoms with van der Waals surface area (Å²) in [6, 6.07) is 1.87. The minimum atomic E-state index is -1.15. The second-order valence-corrected chi connectivity index (χ2v) is 4.59. The van der Waals surface area contributed by atoms with E-state index in [0.29, 0.717) is 18.9 Å². The molecule has 0 spiro atoms. The summed E-state index contributed by atoms with van der Waals surface area (Å²) in [5.41, 5.74) is 0.0177. The van der Waals surface area contributed by atoms with Crippen LogP contribution < -0.4 is 5.32 Å². The Balaban J connectivity index is 2.60. The van der Waals surface area contributed by atoms with Gasteiger partial charge in [-0.1, -0.05) is 12.1 Å². The fourth-order valence-electron chi connectivity index (χ4n) is 1.81. The van der Waals surface area contributed by atoms with Crippen molar-refractivity contribution in [3.05, 3.63) is 48.1 Å². The lowest BCUT2D eigenvalue weighted by Gasteiger charge is -2.14. The highest BCUT2D eigenvalue weighted by Gasteiger charge is 2.20. The molecule has 0 aromatic heterocycles. The van der Waals surface area contributed by atoms with Crippen molar-refractivity contribution in [2.45, 2.75) is 31.7 Å². The number of hydrogen-bond acceptors (Lipinski definition) is 2. The van der Waals surface area contributed by atoms with E-state index in [1.807, 2.05) is 0 Å². The molecule has 0 unspecified atom stereocenters. The molecule has 0 saturated heterocycles. The van der Waals surface area contributed by atoms with Gasteiger partial charge in [-0.25, -0.2) is 13.6 Å². The van der Waals surface area contributed by atoms with Gasteiger partial charge in [-0.05, 0) is 30.9 Å². The zero-order chi connectivity index (χ0) is 15.8. The number of unbranched alkanes of at least 4 members (excludes halogenated alkanes) is 1. The number of carbonyl (C=O) groups excluding carboxylic acids is 1. The summed E-state index contributed by atoms with van der Waals surface area (Å²) in [6.07, 6.45) is 2.81. The number of nitrogens with one attached hydrogen (secondary N) is 1. The van der Waals surface area contributed by atoms with E-state index >= 15 is 0 Å². The second kappa shape index (κ2) is 8.14. The summed E-state index contributed by atoms with van der Waals surface area (Å²) in [5, 5.41) is 11.3. The van der Waals surface area contributed by atoms with Crippen molar-refractivity contribution in [3.8, 4) is 0 Å². The number of amides is 1. The number of aliphatic carboxylic acids is 1. The first-order chi connectivity index (χ1) is 9.93. The zero-order valence-corrected chi connectivity index (χ0v) is 11.4. The Morgan fingerprint density at radius 2 is 2.10 bits per heavy atom. The molecule has 0 heterocycles. The van der Waals surface area contributed by atoms with Crippen molar-refractivity contribution in [3.63, 3.8) is 0 Å². The molecule has 1 atom stereocenters. The molecule has 0 aliphatic rings. The maximum Gasteiger partial charge on any atom is 0.326 e. The van der Waals surface area contributed by atoms with E-state index in [1.165, 1.54) is 0 Å². The number of benzene rings is 1. The first-order valence-electron chi connectivity index (χ1n) is 6.51. The molecule has 1 aromatic carbocycles. The van der Waals surface area contributed by atoms with E-state index in [-0.39, 0.29) is 18.4 Å². The molecule has 4 nitrogen and oxygen atoms in total. The predicted molar refractivity (Wildman–Crippen MR) is 73.7 cm³/mol. The molecule has 114 valence electrons. The maximum atomic E-state index is 13.4. The van der Waals surface area contributed by atoms with Crippen LogP contribution in [0.4, 0.5) is 8.78 Å². The zero-order valence-electron chi connectivity index (χ0n) is 11.4. The Morgan fingerprint density at radius 3 is 2.67 bits per heavy atom. The number of rotatable bonds is 8. The molecule has 0 aliphatic carbocycles. The average molecular weight is 297 g/mol. The van der Waals surface area contributed by atoms with Crippen LogP contribution >= 0.6 is 0 Å². The van der Waals surface area contributed by atoms with Crippen LogP contribution in [0.15, 0.2) is 30.9 Å². The van der Waals surface area contributed by atoms with Gasteiger partial charge in [-0.2, -0.15) is 0 Å². The number of carboxylic acids is 1. The van der Waals surface area contributed by atoms with Crippen molar-refractivity contribution in [2.75, 3.05) is 0 Å². The summed E-state index contributed by atoms with van der Waals surface area (Å²) < 4.78 is 26.2. The molecule has 1 amide bonds. The van der Waals surface area contributed by atoms with Gasteiger partial charge in [-0.15, -0.1) is 6.58 Å². The largest absolute Gasteiger partial charge is 0.480 e.